The van der Waals surface area contributed by atoms with E-state index in [2.05, 4.69) is 4.98 Å². The summed E-state index contributed by atoms with van der Waals surface area (Å²) in [4.78, 5) is 3.78. The Kier molecular flexibility index (Phi) is 8.26. The van der Waals surface area contributed by atoms with E-state index in [0.717, 1.165) is 0 Å². The van der Waals surface area contributed by atoms with Gasteiger partial charge in [0, 0.05) is 12.4 Å². The topological polar surface area (TPSA) is 12.9 Å². The van der Waals surface area contributed by atoms with E-state index >= 15 is 0 Å². The Bertz CT molecular complexity index is 84.4. The minimum atomic E-state index is 0. The van der Waals surface area contributed by atoms with Crippen LogP contribution in [0.25, 0.3) is 0 Å². The second-order valence-corrected chi connectivity index (χ2v) is 1.02. The number of hydrogen-bond donors (Lipinski definition) is 0. The van der Waals surface area contributed by atoms with Crippen LogP contribution in [0, 0.1) is 4.70 Å². The maximum atomic E-state index is 3.78. The van der Waals surface area contributed by atoms with Gasteiger partial charge < -0.3 is 0 Å². The molecule has 0 fully saturated rings. The SMILES string of the molecule is Cl.[F+2].c1ccncc1. The molecule has 1 aromatic rings. The van der Waals surface area contributed by atoms with Crippen LogP contribution in [0.2, 0.25) is 0 Å². The summed E-state index contributed by atoms with van der Waals surface area (Å²) < 4.78 is 0. The summed E-state index contributed by atoms with van der Waals surface area (Å²) in [5, 5.41) is 0. The summed E-state index contributed by atoms with van der Waals surface area (Å²) in [6.45, 7) is 0. The van der Waals surface area contributed by atoms with E-state index in [1.165, 1.54) is 0 Å². The predicted molar refractivity (Wildman–Crippen MR) is 31.5 cm³/mol. The zero-order valence-electron chi connectivity index (χ0n) is 4.12. The van der Waals surface area contributed by atoms with Crippen molar-refractivity contribution >= 4 is 12.4 Å². The molecule has 0 atom stereocenters. The Morgan fingerprint density at radius 3 is 1.50 bits per heavy atom. The molecule has 1 rings (SSSR count). The minimum Gasteiger partial charge on any atom is -0.265 e. The molecule has 1 nitrogen and oxygen atoms in total. The first kappa shape index (κ1) is 10.4. The minimum absolute atomic E-state index is 0. The summed E-state index contributed by atoms with van der Waals surface area (Å²) in [5.41, 5.74) is 0. The second-order valence-electron chi connectivity index (χ2n) is 1.02. The normalized spacial score (nSPS) is 6.00. The summed E-state index contributed by atoms with van der Waals surface area (Å²) in [6, 6.07) is 5.72. The maximum absolute atomic E-state index is 3.78. The van der Waals surface area contributed by atoms with E-state index in [9.17, 15) is 0 Å². The third-order valence-electron chi connectivity index (χ3n) is 0.566. The van der Waals surface area contributed by atoms with E-state index in [1.807, 2.05) is 18.2 Å². The Hall–Kier alpha value is -0.630. The van der Waals surface area contributed by atoms with Gasteiger partial charge in [-0.1, -0.05) is 6.07 Å². The number of pyridine rings is 1. The lowest BCUT2D eigenvalue weighted by Gasteiger charge is -1.70. The highest BCUT2D eigenvalue weighted by molar-refractivity contribution is 5.85. The molecule has 0 unspecified atom stereocenters. The Morgan fingerprint density at radius 2 is 1.38 bits per heavy atom. The van der Waals surface area contributed by atoms with Crippen molar-refractivity contribution in [1.29, 1.82) is 0 Å². The molecule has 3 radical (unpaired) electrons. The van der Waals surface area contributed by atoms with Crippen LogP contribution < -0.4 is 0 Å². The van der Waals surface area contributed by atoms with Crippen molar-refractivity contribution in [2.24, 2.45) is 0 Å². The zero-order valence-corrected chi connectivity index (χ0v) is 4.94. The average molecular weight is 135 g/mol. The van der Waals surface area contributed by atoms with Crippen LogP contribution in [0.15, 0.2) is 30.6 Å². The largest absolute Gasteiger partial charge is 2.00 e. The molecule has 0 saturated carbocycles. The number of nitrogens with zero attached hydrogens (tertiary/aromatic N) is 1. The van der Waals surface area contributed by atoms with Gasteiger partial charge in [0.2, 0.25) is 0 Å². The lowest BCUT2D eigenvalue weighted by molar-refractivity contribution is -0.00000145. The summed E-state index contributed by atoms with van der Waals surface area (Å²) in [5.74, 6) is 0. The molecule has 3 heteroatoms. The molecule has 43 valence electrons. The average Bonchev–Trinajstić information content (AvgIpc) is 1.72. The monoisotopic (exact) mass is 134 g/mol. The molecule has 0 spiro atoms. The fraction of sp³-hybridized carbons (Fsp3) is 0. The van der Waals surface area contributed by atoms with Crippen molar-refractivity contribution in [2.45, 2.75) is 0 Å². The van der Waals surface area contributed by atoms with Crippen LogP contribution in [0.5, 0.6) is 0 Å². The van der Waals surface area contributed by atoms with Crippen LogP contribution in [-0.2, 0) is 0 Å². The first-order valence-electron chi connectivity index (χ1n) is 1.85. The van der Waals surface area contributed by atoms with Gasteiger partial charge in [0.1, 0.15) is 0 Å². The highest BCUT2D eigenvalue weighted by atomic mass is 35.5. The molecule has 0 saturated heterocycles. The van der Waals surface area contributed by atoms with Crippen molar-refractivity contribution in [3.05, 3.63) is 30.6 Å². The Labute approximate surface area is 53.5 Å². The van der Waals surface area contributed by atoms with Gasteiger partial charge in [-0.15, -0.1) is 12.4 Å². The molecule has 0 aliphatic heterocycles. The number of aromatic nitrogens is 1. The number of halogens is 2. The van der Waals surface area contributed by atoms with Crippen molar-refractivity contribution < 1.29 is 4.70 Å². The molecule has 0 aliphatic rings. The van der Waals surface area contributed by atoms with Crippen molar-refractivity contribution in [2.75, 3.05) is 0 Å². The van der Waals surface area contributed by atoms with Gasteiger partial charge in [-0.3, -0.25) is 4.98 Å². The molecule has 8 heavy (non-hydrogen) atoms. The third kappa shape index (κ3) is 3.56. The lowest BCUT2D eigenvalue weighted by atomic mass is 10.5. The summed E-state index contributed by atoms with van der Waals surface area (Å²) in [6.07, 6.45) is 3.50. The second kappa shape index (κ2) is 6.37. The van der Waals surface area contributed by atoms with Crippen LogP contribution in [0.1, 0.15) is 0 Å². The van der Waals surface area contributed by atoms with Crippen molar-refractivity contribution in [3.63, 3.8) is 0 Å². The summed E-state index contributed by atoms with van der Waals surface area (Å²) >= 11 is 0. The molecular weight excluding hydrogens is 129 g/mol. The highest BCUT2D eigenvalue weighted by Gasteiger charge is 2.00. The van der Waals surface area contributed by atoms with E-state index in [4.69, 9.17) is 0 Å². The smallest absolute Gasteiger partial charge is 0.265 e. The van der Waals surface area contributed by atoms with E-state index in [1.54, 1.807) is 12.4 Å². The molecule has 0 bridgehead atoms. The zero-order chi connectivity index (χ0) is 4.24. The van der Waals surface area contributed by atoms with Crippen molar-refractivity contribution in [1.82, 2.24) is 4.98 Å². The third-order valence-corrected chi connectivity index (χ3v) is 0.566. The van der Waals surface area contributed by atoms with Gasteiger partial charge in [0.25, 0.3) is 0 Å². The highest BCUT2D eigenvalue weighted by Crippen LogP contribution is 1.73. The van der Waals surface area contributed by atoms with Gasteiger partial charge >= 0.3 is 4.70 Å². The fourth-order valence-corrected chi connectivity index (χ4v) is 0.313. The maximum Gasteiger partial charge on any atom is 2.00 e. The van der Waals surface area contributed by atoms with Gasteiger partial charge in [0.15, 0.2) is 0 Å². The van der Waals surface area contributed by atoms with Crippen LogP contribution in [-0.4, -0.2) is 4.98 Å². The van der Waals surface area contributed by atoms with Crippen LogP contribution in [0.3, 0.4) is 0 Å². The first-order valence-corrected chi connectivity index (χ1v) is 1.85. The quantitative estimate of drug-likeness (QED) is 0.524. The van der Waals surface area contributed by atoms with Gasteiger partial charge in [-0.2, -0.15) is 0 Å². The van der Waals surface area contributed by atoms with Crippen molar-refractivity contribution in [3.8, 4) is 0 Å². The molecular formula is C5H6ClFN+2. The molecule has 1 heterocycles. The van der Waals surface area contributed by atoms with Crippen LogP contribution >= 0.6 is 12.4 Å². The summed E-state index contributed by atoms with van der Waals surface area (Å²) in [7, 11) is 0. The molecule has 0 aliphatic carbocycles. The number of rotatable bonds is 0. The van der Waals surface area contributed by atoms with Gasteiger partial charge in [-0.05, 0) is 12.1 Å². The lowest BCUT2D eigenvalue weighted by Crippen LogP contribution is -1.58. The van der Waals surface area contributed by atoms with E-state index < -0.39 is 0 Å². The van der Waals surface area contributed by atoms with Crippen LogP contribution in [0.4, 0.5) is 0 Å². The molecule has 0 aromatic carbocycles. The number of hydrogen-bond acceptors (Lipinski definition) is 1. The molecule has 1 aromatic heterocycles. The standard InChI is InChI=1S/C5H5N.ClH.F/c1-2-4-6-5-3-1;;/h1-5H;1H;/q;;+2. The molecule has 0 N–H and O–H groups in total. The molecule has 0 amide bonds. The van der Waals surface area contributed by atoms with E-state index in [-0.39, 0.29) is 17.1 Å². The first-order chi connectivity index (χ1) is 3.00. The van der Waals surface area contributed by atoms with Gasteiger partial charge in [-0.25, -0.2) is 0 Å². The van der Waals surface area contributed by atoms with Gasteiger partial charge in [0.05, 0.1) is 0 Å². The van der Waals surface area contributed by atoms with E-state index in [0.29, 0.717) is 0 Å². The predicted octanol–water partition coefficient (Wildman–Crippen LogP) is 1.50. The fourth-order valence-electron chi connectivity index (χ4n) is 0.313. The Balaban J connectivity index is 0. The Morgan fingerprint density at radius 1 is 0.875 bits per heavy atom.